The van der Waals surface area contributed by atoms with Crippen molar-refractivity contribution in [2.45, 2.75) is 44.5 Å². The lowest BCUT2D eigenvalue weighted by molar-refractivity contribution is -0.120. The van der Waals surface area contributed by atoms with E-state index >= 15 is 0 Å². The number of fused-ring (bicyclic) bond motifs is 3. The SMILES string of the molecule is CCCCSc1nnc2c(n1)O[C@@H](c1ccccc1Cl)N(C(=O)CC)c1ccccc1-2. The van der Waals surface area contributed by atoms with Gasteiger partial charge >= 0.3 is 0 Å². The number of carbonyl (C=O) groups excluding carboxylic acids is 1. The third-order valence-electron chi connectivity index (χ3n) is 4.98. The van der Waals surface area contributed by atoms with Crippen molar-refractivity contribution in [3.8, 4) is 17.1 Å². The molecule has 1 atom stereocenters. The van der Waals surface area contributed by atoms with E-state index in [2.05, 4.69) is 22.1 Å². The summed E-state index contributed by atoms with van der Waals surface area (Å²) in [6.45, 7) is 3.97. The summed E-state index contributed by atoms with van der Waals surface area (Å²) in [6, 6.07) is 15.0. The molecule has 0 bridgehead atoms. The van der Waals surface area contributed by atoms with Gasteiger partial charge in [-0.05, 0) is 18.6 Å². The van der Waals surface area contributed by atoms with Crippen molar-refractivity contribution in [2.75, 3.05) is 10.7 Å². The molecule has 0 spiro atoms. The molecule has 0 unspecified atom stereocenters. The summed E-state index contributed by atoms with van der Waals surface area (Å²) < 4.78 is 6.38. The van der Waals surface area contributed by atoms with Crippen LogP contribution in [0.3, 0.4) is 0 Å². The Morgan fingerprint density at radius 3 is 2.68 bits per heavy atom. The van der Waals surface area contributed by atoms with E-state index in [1.165, 1.54) is 0 Å². The number of ether oxygens (including phenoxy) is 1. The van der Waals surface area contributed by atoms with Gasteiger partial charge in [-0.1, -0.05) is 80.0 Å². The summed E-state index contributed by atoms with van der Waals surface area (Å²) in [4.78, 5) is 19.4. The Morgan fingerprint density at radius 2 is 1.90 bits per heavy atom. The molecule has 0 radical (unpaired) electrons. The summed E-state index contributed by atoms with van der Waals surface area (Å²) in [7, 11) is 0. The van der Waals surface area contributed by atoms with E-state index in [4.69, 9.17) is 16.3 Å². The lowest BCUT2D eigenvalue weighted by atomic mass is 10.1. The summed E-state index contributed by atoms with van der Waals surface area (Å²) in [5.74, 6) is 1.16. The molecule has 1 aliphatic rings. The number of hydrogen-bond donors (Lipinski definition) is 0. The van der Waals surface area contributed by atoms with Crippen molar-refractivity contribution in [1.82, 2.24) is 15.2 Å². The summed E-state index contributed by atoms with van der Waals surface area (Å²) in [5, 5.41) is 9.81. The molecule has 4 rings (SSSR count). The number of unbranched alkanes of at least 4 members (excludes halogenated alkanes) is 1. The maximum atomic E-state index is 13.1. The molecule has 1 aromatic heterocycles. The first-order chi connectivity index (χ1) is 15.1. The van der Waals surface area contributed by atoms with Crippen molar-refractivity contribution >= 4 is 35.0 Å². The van der Waals surface area contributed by atoms with Crippen LogP contribution in [0.15, 0.2) is 53.7 Å². The van der Waals surface area contributed by atoms with Gasteiger partial charge < -0.3 is 4.74 Å². The van der Waals surface area contributed by atoms with Crippen LogP contribution in [0.25, 0.3) is 11.3 Å². The average Bonchev–Trinajstić information content (AvgIpc) is 2.93. The second-order valence-electron chi connectivity index (χ2n) is 7.08. The molecule has 8 heteroatoms. The van der Waals surface area contributed by atoms with Crippen molar-refractivity contribution in [1.29, 1.82) is 0 Å². The van der Waals surface area contributed by atoms with Crippen LogP contribution >= 0.6 is 23.4 Å². The molecule has 31 heavy (non-hydrogen) atoms. The highest BCUT2D eigenvalue weighted by Gasteiger charge is 2.36. The van der Waals surface area contributed by atoms with Gasteiger partial charge in [0.25, 0.3) is 0 Å². The fraction of sp³-hybridized carbons (Fsp3) is 0.304. The number of nitrogens with zero attached hydrogens (tertiary/aromatic N) is 4. The van der Waals surface area contributed by atoms with Crippen molar-refractivity contribution in [2.24, 2.45) is 0 Å². The lowest BCUT2D eigenvalue weighted by Gasteiger charge is -2.31. The fourth-order valence-corrected chi connectivity index (χ4v) is 4.49. The van der Waals surface area contributed by atoms with Crippen LogP contribution in [0.4, 0.5) is 5.69 Å². The quantitative estimate of drug-likeness (QED) is 0.340. The van der Waals surface area contributed by atoms with Crippen LogP contribution in [-0.2, 0) is 4.79 Å². The summed E-state index contributed by atoms with van der Waals surface area (Å²) >= 11 is 8.07. The van der Waals surface area contributed by atoms with E-state index in [0.29, 0.717) is 39.4 Å². The number of para-hydroxylation sites is 1. The Kier molecular flexibility index (Phi) is 6.73. The molecular formula is C23H23ClN4O2S. The minimum Gasteiger partial charge on any atom is -0.447 e. The van der Waals surface area contributed by atoms with Crippen molar-refractivity contribution < 1.29 is 9.53 Å². The van der Waals surface area contributed by atoms with Gasteiger partial charge in [-0.15, -0.1) is 10.2 Å². The van der Waals surface area contributed by atoms with E-state index in [1.807, 2.05) is 49.4 Å². The molecule has 160 valence electrons. The van der Waals surface area contributed by atoms with Crippen molar-refractivity contribution in [3.63, 3.8) is 0 Å². The fourth-order valence-electron chi connectivity index (χ4n) is 3.40. The highest BCUT2D eigenvalue weighted by atomic mass is 35.5. The van der Waals surface area contributed by atoms with Gasteiger partial charge in [0.15, 0.2) is 5.69 Å². The molecule has 0 N–H and O–H groups in total. The zero-order valence-electron chi connectivity index (χ0n) is 17.4. The van der Waals surface area contributed by atoms with Crippen LogP contribution in [0.1, 0.15) is 44.9 Å². The van der Waals surface area contributed by atoms with Gasteiger partial charge in [-0.3, -0.25) is 9.69 Å². The Hall–Kier alpha value is -2.64. The van der Waals surface area contributed by atoms with E-state index in [-0.39, 0.29) is 5.91 Å². The van der Waals surface area contributed by atoms with Crippen LogP contribution in [-0.4, -0.2) is 26.8 Å². The first-order valence-corrected chi connectivity index (χ1v) is 11.7. The normalized spacial score (nSPS) is 14.9. The number of thioether (sulfide) groups is 1. The second kappa shape index (κ2) is 9.66. The molecule has 0 saturated carbocycles. The Labute approximate surface area is 191 Å². The Balaban J connectivity index is 1.88. The first kappa shape index (κ1) is 21.6. The van der Waals surface area contributed by atoms with Gasteiger partial charge in [0.2, 0.25) is 23.2 Å². The number of aromatic nitrogens is 3. The van der Waals surface area contributed by atoms with E-state index in [1.54, 1.807) is 22.7 Å². The Bertz CT molecular complexity index is 1090. The molecule has 0 fully saturated rings. The molecule has 2 aromatic carbocycles. The van der Waals surface area contributed by atoms with Crippen molar-refractivity contribution in [3.05, 3.63) is 59.1 Å². The topological polar surface area (TPSA) is 68.2 Å². The highest BCUT2D eigenvalue weighted by Crippen LogP contribution is 2.44. The summed E-state index contributed by atoms with van der Waals surface area (Å²) in [6.07, 6.45) is 1.70. The van der Waals surface area contributed by atoms with E-state index in [9.17, 15) is 4.79 Å². The zero-order chi connectivity index (χ0) is 21.8. The molecule has 0 aliphatic carbocycles. The monoisotopic (exact) mass is 454 g/mol. The zero-order valence-corrected chi connectivity index (χ0v) is 19.0. The minimum absolute atomic E-state index is 0.0873. The first-order valence-electron chi connectivity index (χ1n) is 10.3. The molecule has 2 heterocycles. The predicted octanol–water partition coefficient (Wildman–Crippen LogP) is 5.92. The minimum atomic E-state index is -0.770. The molecule has 6 nitrogen and oxygen atoms in total. The number of benzene rings is 2. The van der Waals surface area contributed by atoms with Crippen LogP contribution in [0.5, 0.6) is 5.88 Å². The Morgan fingerprint density at radius 1 is 1.13 bits per heavy atom. The van der Waals surface area contributed by atoms with Crippen LogP contribution in [0, 0.1) is 0 Å². The molecule has 1 amide bonds. The number of rotatable bonds is 6. The molecular weight excluding hydrogens is 432 g/mol. The second-order valence-corrected chi connectivity index (χ2v) is 8.55. The average molecular weight is 455 g/mol. The standard InChI is InChI=1S/C23H23ClN4O2S/c1-3-5-14-31-23-25-21-20(26-27-23)16-11-7-9-13-18(16)28(19(29)4-2)22(30-21)15-10-6-8-12-17(15)24/h6-13,22H,3-5,14H2,1-2H3/t22-/m0/s1. The number of anilines is 1. The largest absolute Gasteiger partial charge is 0.447 e. The van der Waals surface area contributed by atoms with Gasteiger partial charge in [-0.2, -0.15) is 4.98 Å². The number of hydrogen-bond acceptors (Lipinski definition) is 6. The highest BCUT2D eigenvalue weighted by molar-refractivity contribution is 7.99. The van der Waals surface area contributed by atoms with Gasteiger partial charge in [0, 0.05) is 28.3 Å². The number of amides is 1. The van der Waals surface area contributed by atoms with Gasteiger partial charge in [0.05, 0.1) is 5.69 Å². The molecule has 3 aromatic rings. The van der Waals surface area contributed by atoms with Crippen LogP contribution in [0.2, 0.25) is 5.02 Å². The maximum Gasteiger partial charge on any atom is 0.247 e. The third kappa shape index (κ3) is 4.38. The number of carbonyl (C=O) groups is 1. The van der Waals surface area contributed by atoms with Gasteiger partial charge in [-0.25, -0.2) is 0 Å². The third-order valence-corrected chi connectivity index (χ3v) is 6.25. The van der Waals surface area contributed by atoms with E-state index < -0.39 is 6.23 Å². The predicted molar refractivity (Wildman–Crippen MR) is 123 cm³/mol. The summed E-state index contributed by atoms with van der Waals surface area (Å²) in [5.41, 5.74) is 2.64. The molecule has 0 saturated heterocycles. The molecule has 1 aliphatic heterocycles. The van der Waals surface area contributed by atoms with Gasteiger partial charge in [0.1, 0.15) is 0 Å². The van der Waals surface area contributed by atoms with E-state index in [0.717, 1.165) is 24.2 Å². The maximum absolute atomic E-state index is 13.1. The van der Waals surface area contributed by atoms with Crippen LogP contribution < -0.4 is 9.64 Å². The lowest BCUT2D eigenvalue weighted by Crippen LogP contribution is -2.37. The smallest absolute Gasteiger partial charge is 0.247 e. The number of halogens is 1.